The van der Waals surface area contributed by atoms with Gasteiger partial charge in [0.1, 0.15) is 5.76 Å². The Hall–Kier alpha value is -1.88. The van der Waals surface area contributed by atoms with Crippen LogP contribution in [0.5, 0.6) is 0 Å². The zero-order valence-corrected chi connectivity index (χ0v) is 8.09. The summed E-state index contributed by atoms with van der Waals surface area (Å²) in [5, 5.41) is 3.95. The summed E-state index contributed by atoms with van der Waals surface area (Å²) in [4.78, 5) is 11.4. The van der Waals surface area contributed by atoms with Gasteiger partial charge in [0, 0.05) is 17.8 Å². The van der Waals surface area contributed by atoms with Crippen LogP contribution in [-0.2, 0) is 13.1 Å². The Bertz CT molecular complexity index is 501. The van der Waals surface area contributed by atoms with Crippen molar-refractivity contribution in [2.24, 2.45) is 5.73 Å². The lowest BCUT2D eigenvalue weighted by atomic mass is 10.2. The molecule has 5 heteroatoms. The van der Waals surface area contributed by atoms with Crippen LogP contribution in [0.25, 0.3) is 0 Å². The van der Waals surface area contributed by atoms with Crippen LogP contribution in [0.3, 0.4) is 0 Å². The topological polar surface area (TPSA) is 74.0 Å². The highest BCUT2D eigenvalue weighted by Gasteiger charge is 2.06. The summed E-state index contributed by atoms with van der Waals surface area (Å²) in [5.41, 5.74) is 6.24. The molecule has 0 radical (unpaired) electrons. The van der Waals surface area contributed by atoms with Crippen molar-refractivity contribution in [1.29, 1.82) is 0 Å². The van der Waals surface area contributed by atoms with E-state index in [-0.39, 0.29) is 5.56 Å². The first-order valence-corrected chi connectivity index (χ1v) is 4.58. The number of hydrogen-bond donors (Lipinski definition) is 1. The number of hydrogen-bond acceptors (Lipinski definition) is 4. The van der Waals surface area contributed by atoms with E-state index in [0.29, 0.717) is 18.8 Å². The first-order chi connectivity index (χ1) is 7.31. The highest BCUT2D eigenvalue weighted by atomic mass is 16.3. The fraction of sp³-hybridized carbons (Fsp3) is 0.200. The van der Waals surface area contributed by atoms with Gasteiger partial charge in [-0.1, -0.05) is 0 Å². The summed E-state index contributed by atoms with van der Waals surface area (Å²) in [5.74, 6) is 0.688. The third-order valence-electron chi connectivity index (χ3n) is 2.13. The maximum Gasteiger partial charge on any atom is 0.267 e. The van der Waals surface area contributed by atoms with Crippen molar-refractivity contribution < 1.29 is 4.42 Å². The fourth-order valence-electron chi connectivity index (χ4n) is 1.35. The van der Waals surface area contributed by atoms with Crippen LogP contribution in [0.1, 0.15) is 11.3 Å². The first kappa shape index (κ1) is 9.67. The molecule has 0 bridgehead atoms. The van der Waals surface area contributed by atoms with E-state index in [9.17, 15) is 4.79 Å². The number of nitrogens with zero attached hydrogens (tertiary/aromatic N) is 2. The predicted octanol–water partition coefficient (Wildman–Crippen LogP) is 0.343. The molecular weight excluding hydrogens is 194 g/mol. The summed E-state index contributed by atoms with van der Waals surface area (Å²) < 4.78 is 6.52. The van der Waals surface area contributed by atoms with Gasteiger partial charge in [-0.15, -0.1) is 0 Å². The molecule has 0 aromatic carbocycles. The minimum absolute atomic E-state index is 0.137. The highest BCUT2D eigenvalue weighted by Crippen LogP contribution is 2.09. The average molecular weight is 205 g/mol. The molecule has 5 nitrogen and oxygen atoms in total. The summed E-state index contributed by atoms with van der Waals surface area (Å²) in [6, 6.07) is 4.87. The first-order valence-electron chi connectivity index (χ1n) is 4.58. The van der Waals surface area contributed by atoms with E-state index in [1.54, 1.807) is 24.6 Å². The lowest BCUT2D eigenvalue weighted by molar-refractivity contribution is 0.502. The van der Waals surface area contributed by atoms with E-state index in [1.807, 2.05) is 0 Å². The van der Waals surface area contributed by atoms with E-state index < -0.39 is 0 Å². The molecule has 2 N–H and O–H groups in total. The molecule has 0 atom stereocenters. The largest absolute Gasteiger partial charge is 0.468 e. The van der Waals surface area contributed by atoms with Crippen LogP contribution in [0.2, 0.25) is 0 Å². The van der Waals surface area contributed by atoms with E-state index in [0.717, 1.165) is 5.56 Å². The molecule has 0 spiro atoms. The highest BCUT2D eigenvalue weighted by molar-refractivity contribution is 5.16. The van der Waals surface area contributed by atoms with Gasteiger partial charge in [0.25, 0.3) is 5.56 Å². The Morgan fingerprint density at radius 3 is 3.07 bits per heavy atom. The molecule has 2 aromatic heterocycles. The van der Waals surface area contributed by atoms with Crippen molar-refractivity contribution in [3.8, 4) is 0 Å². The van der Waals surface area contributed by atoms with Crippen LogP contribution >= 0.6 is 0 Å². The summed E-state index contributed by atoms with van der Waals surface area (Å²) in [7, 11) is 0. The third kappa shape index (κ3) is 1.97. The molecule has 0 aliphatic carbocycles. The van der Waals surface area contributed by atoms with Crippen LogP contribution in [-0.4, -0.2) is 9.78 Å². The quantitative estimate of drug-likeness (QED) is 0.784. The monoisotopic (exact) mass is 205 g/mol. The summed E-state index contributed by atoms with van der Waals surface area (Å²) in [6.45, 7) is 0.715. The lowest BCUT2D eigenvalue weighted by Gasteiger charge is -2.02. The van der Waals surface area contributed by atoms with Crippen LogP contribution < -0.4 is 11.3 Å². The second kappa shape index (κ2) is 4.10. The maximum atomic E-state index is 11.4. The normalized spacial score (nSPS) is 10.5. The van der Waals surface area contributed by atoms with E-state index >= 15 is 0 Å². The maximum absolute atomic E-state index is 11.4. The molecule has 0 amide bonds. The third-order valence-corrected chi connectivity index (χ3v) is 2.13. The molecule has 0 aliphatic heterocycles. The Morgan fingerprint density at radius 2 is 2.33 bits per heavy atom. The van der Waals surface area contributed by atoms with Gasteiger partial charge in [0.15, 0.2) is 0 Å². The van der Waals surface area contributed by atoms with Gasteiger partial charge >= 0.3 is 0 Å². The Morgan fingerprint density at radius 1 is 1.47 bits per heavy atom. The second-order valence-corrected chi connectivity index (χ2v) is 3.09. The smallest absolute Gasteiger partial charge is 0.267 e. The van der Waals surface area contributed by atoms with Gasteiger partial charge < -0.3 is 10.2 Å². The van der Waals surface area contributed by atoms with E-state index in [4.69, 9.17) is 10.2 Å². The molecule has 0 aliphatic rings. The molecule has 0 fully saturated rings. The van der Waals surface area contributed by atoms with E-state index in [2.05, 4.69) is 5.10 Å². The Balaban J connectivity index is 2.30. The van der Waals surface area contributed by atoms with Crippen molar-refractivity contribution in [2.45, 2.75) is 13.1 Å². The van der Waals surface area contributed by atoms with Gasteiger partial charge in [0.2, 0.25) is 0 Å². The van der Waals surface area contributed by atoms with Crippen molar-refractivity contribution in [3.05, 3.63) is 52.3 Å². The second-order valence-electron chi connectivity index (χ2n) is 3.09. The standard InChI is InChI=1S/C10H11N3O2/c11-6-9-8(3-5-15-9)7-13-10(14)2-1-4-12-13/h1-5H,6-7,11H2. The Labute approximate surface area is 86.1 Å². The molecule has 15 heavy (non-hydrogen) atoms. The van der Waals surface area contributed by atoms with Crippen molar-refractivity contribution in [1.82, 2.24) is 9.78 Å². The van der Waals surface area contributed by atoms with Crippen LogP contribution in [0.15, 0.2) is 39.9 Å². The van der Waals surface area contributed by atoms with E-state index in [1.165, 1.54) is 10.7 Å². The van der Waals surface area contributed by atoms with Crippen molar-refractivity contribution >= 4 is 0 Å². The van der Waals surface area contributed by atoms with Crippen LogP contribution in [0, 0.1) is 0 Å². The fourth-order valence-corrected chi connectivity index (χ4v) is 1.35. The molecule has 2 aromatic rings. The number of furan rings is 1. The molecular formula is C10H11N3O2. The van der Waals surface area contributed by atoms with Gasteiger partial charge in [-0.2, -0.15) is 5.10 Å². The van der Waals surface area contributed by atoms with Gasteiger partial charge in [-0.3, -0.25) is 4.79 Å². The Kier molecular flexibility index (Phi) is 2.64. The predicted molar refractivity (Wildman–Crippen MR) is 54.2 cm³/mol. The number of aromatic nitrogens is 2. The molecule has 2 heterocycles. The average Bonchev–Trinajstić information content (AvgIpc) is 2.69. The van der Waals surface area contributed by atoms with Crippen molar-refractivity contribution in [3.63, 3.8) is 0 Å². The van der Waals surface area contributed by atoms with Crippen LogP contribution in [0.4, 0.5) is 0 Å². The number of nitrogens with two attached hydrogens (primary N) is 1. The lowest BCUT2D eigenvalue weighted by Crippen LogP contribution is -2.22. The molecule has 78 valence electrons. The SMILES string of the molecule is NCc1occc1Cn1ncccc1=O. The molecule has 2 rings (SSSR count). The van der Waals surface area contributed by atoms with Gasteiger partial charge in [-0.05, 0) is 12.1 Å². The summed E-state index contributed by atoms with van der Waals surface area (Å²) >= 11 is 0. The molecule has 0 unspecified atom stereocenters. The molecule has 0 saturated heterocycles. The minimum Gasteiger partial charge on any atom is -0.468 e. The summed E-state index contributed by atoms with van der Waals surface area (Å²) in [6.07, 6.45) is 3.13. The van der Waals surface area contributed by atoms with Gasteiger partial charge in [0.05, 0.1) is 19.4 Å². The zero-order chi connectivity index (χ0) is 10.7. The minimum atomic E-state index is -0.137. The number of rotatable bonds is 3. The zero-order valence-electron chi connectivity index (χ0n) is 8.09. The van der Waals surface area contributed by atoms with Crippen molar-refractivity contribution in [2.75, 3.05) is 0 Å². The molecule has 0 saturated carbocycles. The van der Waals surface area contributed by atoms with Gasteiger partial charge in [-0.25, -0.2) is 4.68 Å².